The molecular weight excluding hydrogens is 1400 g/mol. The molecule has 3 aliphatic rings. The number of amides is 12. The van der Waals surface area contributed by atoms with Crippen LogP contribution < -0.4 is 76.1 Å². The number of guanidine groups is 1. The lowest BCUT2D eigenvalue weighted by Crippen LogP contribution is -2.61. The smallest absolute Gasteiger partial charge is 0.303 e. The van der Waals surface area contributed by atoms with Crippen LogP contribution in [0.25, 0.3) is 10.9 Å². The third-order valence-electron chi connectivity index (χ3n) is 18.0. The number of carboxylic acid groups (broad SMARTS) is 2. The van der Waals surface area contributed by atoms with Gasteiger partial charge >= 0.3 is 11.9 Å². The zero-order valence-electron chi connectivity index (χ0n) is 57.8. The number of nitrogens with two attached hydrogens (primary N) is 4. The number of nitrogens with zero attached hydrogens (tertiary/aromatic N) is 2. The standard InChI is InChI=1S/C69H93N17O17S2/c70-28-26-55(89)86-31-9-17-53(86)67(102)81-48(33-39-18-20-42(87)21-19-39)64(99)84-52-37-105-104-36-51(59(71)94)83-62(97)47(23-25-57(92)93)79-65(100)50(34-41-35-76-44-15-7-6-14-43(41)44)80-61(96)46(22-24-56(90)91)77-54(88)27-30-74-60(95)45(16-8-29-75-69(72)73)78-63(98)49(32-38-10-2-1-3-11-38)82-68(103)58(85-66(52)101)40-12-4-5-13-40/h1-3,6-7,10-11,14-15,18-21,35,40,45-53,58,76,87H,4-5,8-9,12-13,16-17,22-34,36-37,70H2,(H2,71,94)(H,74,95)(H,77,88)(H,78,98)(H,79,100)(H,80,96)(H,81,102)(H,82,103)(H,83,97)(H,84,99)(H,85,101)(H,90,91)(H,92,93)(H4,72,73,75)/t45-,46-,47-,48-,49-,50-,51-,52-,53-,58-/m0/s1. The number of aliphatic imine (C=N–C) groups is 1. The molecule has 7 rings (SSSR count). The van der Waals surface area contributed by atoms with E-state index in [2.05, 4.69) is 63.1 Å². The Morgan fingerprint density at radius 3 is 1.88 bits per heavy atom. The van der Waals surface area contributed by atoms with E-state index in [0.717, 1.165) is 21.6 Å². The summed E-state index contributed by atoms with van der Waals surface area (Å²) in [7, 11) is 1.75. The lowest BCUT2D eigenvalue weighted by molar-refractivity contribution is -0.139. The van der Waals surface area contributed by atoms with Gasteiger partial charge in [0.15, 0.2) is 5.96 Å². The predicted octanol–water partition coefficient (Wildman–Crippen LogP) is -2.04. The number of primary amides is 1. The molecule has 568 valence electrons. The molecule has 1 aliphatic carbocycles. The van der Waals surface area contributed by atoms with Crippen molar-refractivity contribution < 1.29 is 82.4 Å². The molecule has 12 amide bonds. The van der Waals surface area contributed by atoms with Gasteiger partial charge in [-0.3, -0.25) is 72.1 Å². The Balaban J connectivity index is 1.27. The lowest BCUT2D eigenvalue weighted by Gasteiger charge is -2.30. The molecule has 34 nitrogen and oxygen atoms in total. The SMILES string of the molecule is NCCC(=O)N1CCC[C@H]1C(=O)N[C@@H](Cc1ccc(O)cc1)C(=O)N[C@H]1CSSC[C@@H](C(N)=O)NC(=O)[C@H](CCC(=O)O)NC(=O)[C@H](Cc2c[nH]c3ccccc23)NC(=O)[C@H](CCC(=O)O)NC(=O)CCNC(=O)[C@H](CCCN=C(N)N)NC(=O)[C@H](Cc2ccccc2)NC(=O)[C@H](C2CCCC2)NC1=O. The van der Waals surface area contributed by atoms with Crippen molar-refractivity contribution in [2.24, 2.45) is 33.8 Å². The Hall–Kier alpha value is -10.5. The summed E-state index contributed by atoms with van der Waals surface area (Å²) in [4.78, 5) is 205. The molecule has 2 aliphatic heterocycles. The van der Waals surface area contributed by atoms with Crippen molar-refractivity contribution in [2.75, 3.05) is 37.7 Å². The van der Waals surface area contributed by atoms with Crippen LogP contribution in [-0.2, 0) is 86.4 Å². The first-order valence-corrected chi connectivity index (χ1v) is 37.1. The third-order valence-corrected chi connectivity index (χ3v) is 20.4. The summed E-state index contributed by atoms with van der Waals surface area (Å²) < 4.78 is 0. The number of likely N-dealkylation sites (tertiary alicyclic amines) is 1. The first kappa shape index (κ1) is 81.8. The Labute approximate surface area is 612 Å². The molecule has 10 atom stereocenters. The van der Waals surface area contributed by atoms with Gasteiger partial charge in [0.25, 0.3) is 0 Å². The van der Waals surface area contributed by atoms with E-state index in [1.54, 1.807) is 60.8 Å². The second kappa shape index (κ2) is 41.1. The van der Waals surface area contributed by atoms with Crippen molar-refractivity contribution in [2.45, 2.75) is 170 Å². The van der Waals surface area contributed by atoms with Crippen LogP contribution in [0.3, 0.4) is 0 Å². The van der Waals surface area contributed by atoms with Gasteiger partial charge in [-0.2, -0.15) is 0 Å². The van der Waals surface area contributed by atoms with Crippen LogP contribution >= 0.6 is 21.6 Å². The maximum Gasteiger partial charge on any atom is 0.303 e. The van der Waals surface area contributed by atoms with Gasteiger partial charge in [0.1, 0.15) is 66.2 Å². The van der Waals surface area contributed by atoms with Crippen LogP contribution in [0.2, 0.25) is 0 Å². The van der Waals surface area contributed by atoms with E-state index in [9.17, 15) is 68.1 Å². The Kier molecular flexibility index (Phi) is 32.0. The number of aliphatic carboxylic acids is 2. The number of aromatic amines is 1. The number of carbonyl (C=O) groups is 14. The van der Waals surface area contributed by atoms with Gasteiger partial charge in [-0.05, 0) is 92.2 Å². The van der Waals surface area contributed by atoms with E-state index in [1.807, 2.05) is 0 Å². The number of fused-ring (bicyclic) bond motifs is 1. The van der Waals surface area contributed by atoms with Gasteiger partial charge in [-0.25, -0.2) is 0 Å². The normalized spacial score (nSPS) is 22.9. The monoisotopic (exact) mass is 1500 g/mol. The summed E-state index contributed by atoms with van der Waals surface area (Å²) in [6.07, 6.45) is 0.602. The molecule has 0 bridgehead atoms. The van der Waals surface area contributed by atoms with Crippen LogP contribution in [0.4, 0.5) is 0 Å². The molecule has 3 heterocycles. The number of para-hydroxylation sites is 1. The Morgan fingerprint density at radius 1 is 0.619 bits per heavy atom. The Bertz CT molecular complexity index is 3760. The molecule has 105 heavy (non-hydrogen) atoms. The van der Waals surface area contributed by atoms with Crippen LogP contribution in [-0.4, -0.2) is 212 Å². The minimum absolute atomic E-state index is 0.000690. The number of phenols is 1. The van der Waals surface area contributed by atoms with E-state index in [0.29, 0.717) is 59.7 Å². The molecule has 1 aromatic heterocycles. The molecule has 22 N–H and O–H groups in total. The predicted molar refractivity (Wildman–Crippen MR) is 387 cm³/mol. The highest BCUT2D eigenvalue weighted by Crippen LogP contribution is 2.30. The topological polar surface area (TPSA) is 555 Å². The fourth-order valence-corrected chi connectivity index (χ4v) is 14.8. The van der Waals surface area contributed by atoms with Crippen LogP contribution in [0.1, 0.15) is 107 Å². The van der Waals surface area contributed by atoms with E-state index < -0.39 is 182 Å². The number of benzene rings is 3. The minimum atomic E-state index is -1.75. The average Bonchev–Trinajstić information content (AvgIpc) is 1.75. The van der Waals surface area contributed by atoms with E-state index in [4.69, 9.17) is 22.9 Å². The van der Waals surface area contributed by atoms with Gasteiger partial charge in [-0.1, -0.05) is 95.1 Å². The molecule has 0 unspecified atom stereocenters. The zero-order chi connectivity index (χ0) is 76.1. The van der Waals surface area contributed by atoms with Crippen molar-refractivity contribution >= 4 is 121 Å². The Morgan fingerprint density at radius 2 is 1.22 bits per heavy atom. The highest BCUT2D eigenvalue weighted by Gasteiger charge is 2.40. The number of hydrogen-bond acceptors (Lipinski definition) is 19. The van der Waals surface area contributed by atoms with Crippen LogP contribution in [0.15, 0.2) is 90.1 Å². The summed E-state index contributed by atoms with van der Waals surface area (Å²) in [6, 6.07) is 6.21. The molecule has 3 aromatic carbocycles. The number of hydrogen-bond donors (Lipinski definition) is 18. The largest absolute Gasteiger partial charge is 0.508 e. The highest BCUT2D eigenvalue weighted by atomic mass is 33.1. The molecule has 0 radical (unpaired) electrons. The number of carboxylic acids is 2. The van der Waals surface area contributed by atoms with Crippen molar-refractivity contribution in [3.8, 4) is 5.75 Å². The summed E-state index contributed by atoms with van der Waals surface area (Å²) in [5.74, 6) is -15.1. The molecule has 0 spiro atoms. The number of nitrogens with one attached hydrogen (secondary N) is 11. The summed E-state index contributed by atoms with van der Waals surface area (Å²) in [5, 5.41) is 56.9. The lowest BCUT2D eigenvalue weighted by atomic mass is 9.95. The van der Waals surface area contributed by atoms with E-state index in [-0.39, 0.29) is 93.7 Å². The molecule has 2 saturated heterocycles. The van der Waals surface area contributed by atoms with Crippen molar-refractivity contribution in [1.82, 2.24) is 63.1 Å². The molecule has 1 saturated carbocycles. The van der Waals surface area contributed by atoms with Crippen LogP contribution in [0.5, 0.6) is 5.75 Å². The van der Waals surface area contributed by atoms with Crippen molar-refractivity contribution in [3.63, 3.8) is 0 Å². The number of aromatic hydroxyl groups is 1. The van der Waals surface area contributed by atoms with Crippen LogP contribution in [0, 0.1) is 5.92 Å². The number of carbonyl (C=O) groups excluding carboxylic acids is 12. The van der Waals surface area contributed by atoms with Crippen molar-refractivity contribution in [3.05, 3.63) is 102 Å². The minimum Gasteiger partial charge on any atom is -0.508 e. The first-order valence-electron chi connectivity index (χ1n) is 34.7. The molecule has 36 heteroatoms. The second-order valence-electron chi connectivity index (χ2n) is 25.8. The second-order valence-corrected chi connectivity index (χ2v) is 28.4. The van der Waals surface area contributed by atoms with E-state index in [1.165, 1.54) is 29.2 Å². The quantitative estimate of drug-likeness (QED) is 0.0156. The van der Waals surface area contributed by atoms with Gasteiger partial charge in [0, 0.05) is 99.7 Å². The fraction of sp³-hybridized carbons (Fsp3) is 0.493. The zero-order valence-corrected chi connectivity index (χ0v) is 59.4. The maximum absolute atomic E-state index is 15.3. The number of phenolic OH excluding ortho intramolecular Hbond substituents is 1. The number of rotatable bonds is 24. The van der Waals surface area contributed by atoms with E-state index >= 15 is 14.4 Å². The van der Waals surface area contributed by atoms with Gasteiger partial charge < -0.3 is 101 Å². The first-order chi connectivity index (χ1) is 50.3. The molecule has 3 fully saturated rings. The highest BCUT2D eigenvalue weighted by molar-refractivity contribution is 8.76. The summed E-state index contributed by atoms with van der Waals surface area (Å²) in [5.41, 5.74) is 24.9. The average molecular weight is 1500 g/mol. The fourth-order valence-electron chi connectivity index (χ4n) is 12.4. The van der Waals surface area contributed by atoms with Gasteiger partial charge in [0.2, 0.25) is 70.9 Å². The summed E-state index contributed by atoms with van der Waals surface area (Å²) >= 11 is 0. The van der Waals surface area contributed by atoms with Gasteiger partial charge in [-0.15, -0.1) is 0 Å². The maximum atomic E-state index is 15.3. The molecular formula is C69H93N17O17S2. The third kappa shape index (κ3) is 26.0. The van der Waals surface area contributed by atoms with Crippen molar-refractivity contribution in [1.29, 1.82) is 0 Å². The summed E-state index contributed by atoms with van der Waals surface area (Å²) in [6.45, 7) is -0.174. The van der Waals surface area contributed by atoms with Gasteiger partial charge in [0.05, 0.1) is 0 Å². The number of aromatic nitrogens is 1. The number of H-pyrrole nitrogens is 1. The molecule has 4 aromatic rings.